The molecule has 0 atom stereocenters. The molecule has 0 aliphatic carbocycles. The first-order valence-corrected chi connectivity index (χ1v) is 5.94. The van der Waals surface area contributed by atoms with Crippen LogP contribution in [0.2, 0.25) is 0 Å². The predicted octanol–water partition coefficient (Wildman–Crippen LogP) is 0.575. The second kappa shape index (κ2) is 8.23. The highest BCUT2D eigenvalue weighted by atomic mass is 16.6. The minimum absolute atomic E-state index is 0.0599. The van der Waals surface area contributed by atoms with Gasteiger partial charge in [0, 0.05) is 0 Å². The van der Waals surface area contributed by atoms with Crippen LogP contribution in [0.5, 0.6) is 17.2 Å². The standard InChI is InChI=1S/C13H18O7/c1-17-10-7-9(8-11(18-2)12(10)15)13(16)20-6-5-19-4-3-14/h7-8,14-15H,3-6H2,1-2H3. The summed E-state index contributed by atoms with van der Waals surface area (Å²) in [6.45, 7) is 0.363. The highest BCUT2D eigenvalue weighted by Crippen LogP contribution is 2.37. The predicted molar refractivity (Wildman–Crippen MR) is 69.4 cm³/mol. The van der Waals surface area contributed by atoms with Gasteiger partial charge in [-0.2, -0.15) is 0 Å². The molecule has 0 fully saturated rings. The quantitative estimate of drug-likeness (QED) is 0.533. The van der Waals surface area contributed by atoms with Crippen molar-refractivity contribution in [1.82, 2.24) is 0 Å². The molecule has 1 aromatic rings. The van der Waals surface area contributed by atoms with Crippen molar-refractivity contribution >= 4 is 5.97 Å². The van der Waals surface area contributed by atoms with E-state index in [4.69, 9.17) is 24.1 Å². The lowest BCUT2D eigenvalue weighted by Gasteiger charge is -2.11. The maximum atomic E-state index is 11.8. The van der Waals surface area contributed by atoms with E-state index in [0.29, 0.717) is 0 Å². The van der Waals surface area contributed by atoms with Gasteiger partial charge in [0.15, 0.2) is 11.5 Å². The van der Waals surface area contributed by atoms with Crippen LogP contribution in [0.1, 0.15) is 10.4 Å². The third kappa shape index (κ3) is 4.29. The number of hydrogen-bond acceptors (Lipinski definition) is 7. The van der Waals surface area contributed by atoms with Gasteiger partial charge in [0.05, 0.1) is 39.6 Å². The molecule has 20 heavy (non-hydrogen) atoms. The fraction of sp³-hybridized carbons (Fsp3) is 0.462. The maximum Gasteiger partial charge on any atom is 0.338 e. The van der Waals surface area contributed by atoms with Crippen LogP contribution in [0.3, 0.4) is 0 Å². The van der Waals surface area contributed by atoms with Crippen LogP contribution in [-0.2, 0) is 9.47 Å². The van der Waals surface area contributed by atoms with Crippen molar-refractivity contribution in [2.45, 2.75) is 0 Å². The molecule has 1 rings (SSSR count). The van der Waals surface area contributed by atoms with Gasteiger partial charge in [-0.15, -0.1) is 0 Å². The number of methoxy groups -OCH3 is 2. The van der Waals surface area contributed by atoms with E-state index in [2.05, 4.69) is 0 Å². The number of carbonyl (C=O) groups excluding carboxylic acids is 1. The molecule has 0 bridgehead atoms. The van der Waals surface area contributed by atoms with E-state index >= 15 is 0 Å². The van der Waals surface area contributed by atoms with Crippen LogP contribution in [0.15, 0.2) is 12.1 Å². The number of phenolic OH excluding ortho intramolecular Hbond substituents is 1. The van der Waals surface area contributed by atoms with E-state index in [0.717, 1.165) is 0 Å². The fourth-order valence-corrected chi connectivity index (χ4v) is 1.45. The van der Waals surface area contributed by atoms with Crippen molar-refractivity contribution in [3.63, 3.8) is 0 Å². The Morgan fingerprint density at radius 3 is 2.20 bits per heavy atom. The second-order valence-corrected chi connectivity index (χ2v) is 3.70. The van der Waals surface area contributed by atoms with Gasteiger partial charge in [-0.05, 0) is 12.1 Å². The number of rotatable bonds is 8. The van der Waals surface area contributed by atoms with Crippen LogP contribution in [0.4, 0.5) is 0 Å². The smallest absolute Gasteiger partial charge is 0.338 e. The molecule has 1 aromatic carbocycles. The van der Waals surface area contributed by atoms with E-state index < -0.39 is 5.97 Å². The molecule has 112 valence electrons. The molecule has 0 aliphatic heterocycles. The summed E-state index contributed by atoms with van der Waals surface area (Å²) in [5, 5.41) is 18.2. The van der Waals surface area contributed by atoms with E-state index in [-0.39, 0.29) is 49.2 Å². The zero-order valence-corrected chi connectivity index (χ0v) is 11.4. The Kier molecular flexibility index (Phi) is 6.61. The average Bonchev–Trinajstić information content (AvgIpc) is 2.47. The summed E-state index contributed by atoms with van der Waals surface area (Å²) in [6, 6.07) is 2.71. The van der Waals surface area contributed by atoms with E-state index in [1.807, 2.05) is 0 Å². The molecular formula is C13H18O7. The summed E-state index contributed by atoms with van der Waals surface area (Å²) < 4.78 is 19.8. The maximum absolute atomic E-state index is 11.8. The lowest BCUT2D eigenvalue weighted by atomic mass is 10.2. The molecular weight excluding hydrogens is 268 g/mol. The third-order valence-corrected chi connectivity index (χ3v) is 2.41. The van der Waals surface area contributed by atoms with Crippen molar-refractivity contribution in [1.29, 1.82) is 0 Å². The molecule has 0 aromatic heterocycles. The number of hydrogen-bond donors (Lipinski definition) is 2. The largest absolute Gasteiger partial charge is 0.502 e. The topological polar surface area (TPSA) is 94.5 Å². The third-order valence-electron chi connectivity index (χ3n) is 2.41. The van der Waals surface area contributed by atoms with Crippen LogP contribution < -0.4 is 9.47 Å². The molecule has 7 heteroatoms. The zero-order valence-electron chi connectivity index (χ0n) is 11.4. The SMILES string of the molecule is COc1cc(C(=O)OCCOCCO)cc(OC)c1O. The summed E-state index contributed by atoms with van der Waals surface area (Å²) in [7, 11) is 2.73. The summed E-state index contributed by atoms with van der Waals surface area (Å²) in [6.07, 6.45) is 0. The molecule has 0 unspecified atom stereocenters. The van der Waals surface area contributed by atoms with Gasteiger partial charge in [0.25, 0.3) is 0 Å². The van der Waals surface area contributed by atoms with Crippen LogP contribution in [0.25, 0.3) is 0 Å². The molecule has 0 saturated carbocycles. The molecule has 0 heterocycles. The summed E-state index contributed by atoms with van der Waals surface area (Å²) in [5.41, 5.74) is 0.193. The van der Waals surface area contributed by atoms with Crippen molar-refractivity contribution in [3.8, 4) is 17.2 Å². The van der Waals surface area contributed by atoms with Crippen LogP contribution in [-0.4, -0.2) is 56.8 Å². The van der Waals surface area contributed by atoms with Gasteiger partial charge in [0.2, 0.25) is 5.75 Å². The summed E-state index contributed by atoms with van der Waals surface area (Å²) >= 11 is 0. The highest BCUT2D eigenvalue weighted by molar-refractivity contribution is 5.91. The van der Waals surface area contributed by atoms with E-state index in [1.165, 1.54) is 26.4 Å². The lowest BCUT2D eigenvalue weighted by Crippen LogP contribution is -2.12. The Labute approximate surface area is 116 Å². The molecule has 0 radical (unpaired) electrons. The number of phenols is 1. The number of aromatic hydroxyl groups is 1. The first-order chi connectivity index (χ1) is 9.63. The monoisotopic (exact) mass is 286 g/mol. The number of esters is 1. The highest BCUT2D eigenvalue weighted by Gasteiger charge is 2.16. The van der Waals surface area contributed by atoms with Crippen LogP contribution >= 0.6 is 0 Å². The summed E-state index contributed by atoms with van der Waals surface area (Å²) in [4.78, 5) is 11.8. The second-order valence-electron chi connectivity index (χ2n) is 3.70. The molecule has 7 nitrogen and oxygen atoms in total. The first-order valence-electron chi connectivity index (χ1n) is 5.94. The molecule has 0 aliphatic rings. The number of ether oxygens (including phenoxy) is 4. The number of benzene rings is 1. The normalized spacial score (nSPS) is 10.2. The van der Waals surface area contributed by atoms with Crippen molar-refractivity contribution < 1.29 is 34.0 Å². The fourth-order valence-electron chi connectivity index (χ4n) is 1.45. The molecule has 2 N–H and O–H groups in total. The number of carbonyl (C=O) groups is 1. The van der Waals surface area contributed by atoms with E-state index in [9.17, 15) is 9.90 Å². The Bertz CT molecular complexity index is 419. The Morgan fingerprint density at radius 2 is 1.70 bits per heavy atom. The van der Waals surface area contributed by atoms with Gasteiger partial charge in [-0.25, -0.2) is 4.79 Å². The van der Waals surface area contributed by atoms with Crippen molar-refractivity contribution in [3.05, 3.63) is 17.7 Å². The number of aliphatic hydroxyl groups excluding tert-OH is 1. The lowest BCUT2D eigenvalue weighted by molar-refractivity contribution is 0.0258. The zero-order chi connectivity index (χ0) is 15.0. The van der Waals surface area contributed by atoms with Gasteiger partial charge in [-0.3, -0.25) is 0 Å². The van der Waals surface area contributed by atoms with Crippen molar-refractivity contribution in [2.75, 3.05) is 40.6 Å². The van der Waals surface area contributed by atoms with Gasteiger partial charge in [0.1, 0.15) is 6.61 Å². The average molecular weight is 286 g/mol. The summed E-state index contributed by atoms with van der Waals surface area (Å²) in [5.74, 6) is -0.535. The minimum Gasteiger partial charge on any atom is -0.502 e. The Balaban J connectivity index is 2.68. The van der Waals surface area contributed by atoms with Gasteiger partial charge >= 0.3 is 5.97 Å². The number of aliphatic hydroxyl groups is 1. The molecule has 0 spiro atoms. The van der Waals surface area contributed by atoms with Gasteiger partial charge < -0.3 is 29.2 Å². The van der Waals surface area contributed by atoms with Gasteiger partial charge in [-0.1, -0.05) is 0 Å². The Morgan fingerprint density at radius 1 is 1.10 bits per heavy atom. The Hall–Kier alpha value is -1.99. The first kappa shape index (κ1) is 16.1. The van der Waals surface area contributed by atoms with E-state index in [1.54, 1.807) is 0 Å². The minimum atomic E-state index is -0.589. The molecule has 0 amide bonds. The molecule has 0 saturated heterocycles. The van der Waals surface area contributed by atoms with Crippen LogP contribution in [0, 0.1) is 0 Å². The van der Waals surface area contributed by atoms with Crippen molar-refractivity contribution in [2.24, 2.45) is 0 Å².